The van der Waals surface area contributed by atoms with E-state index in [2.05, 4.69) is 0 Å². The van der Waals surface area contributed by atoms with Gasteiger partial charge in [0.05, 0.1) is 12.0 Å². The maximum Gasteiger partial charge on any atom is 0.176 e. The fourth-order valence-corrected chi connectivity index (χ4v) is 3.54. The van der Waals surface area contributed by atoms with Crippen LogP contribution in [0.2, 0.25) is 0 Å². The summed E-state index contributed by atoms with van der Waals surface area (Å²) in [5.41, 5.74) is 1.82. The molecule has 0 aliphatic heterocycles. The number of hydrogen-bond donors (Lipinski definition) is 0. The van der Waals surface area contributed by atoms with Gasteiger partial charge in [-0.2, -0.15) is 10.5 Å². The van der Waals surface area contributed by atoms with E-state index in [1.165, 1.54) is 0 Å². The number of benzene rings is 2. The fourth-order valence-electron chi connectivity index (χ4n) is 2.48. The Morgan fingerprint density at radius 3 is 1.79 bits per heavy atom. The monoisotopic (exact) mass is 342 g/mol. The zero-order valence-corrected chi connectivity index (χ0v) is 15.1. The zero-order chi connectivity index (χ0) is 17.5. The van der Waals surface area contributed by atoms with E-state index in [4.69, 9.17) is 4.74 Å². The average Bonchev–Trinajstić information content (AvgIpc) is 2.56. The third-order valence-corrected chi connectivity index (χ3v) is 4.92. The molecule has 0 saturated carbocycles. The zero-order valence-electron chi connectivity index (χ0n) is 14.2. The van der Waals surface area contributed by atoms with Gasteiger partial charge in [0.2, 0.25) is 0 Å². The minimum Gasteiger partial charge on any atom is -0.497 e. The molecule has 0 aliphatic rings. The first-order valence-electron chi connectivity index (χ1n) is 7.69. The lowest BCUT2D eigenvalue weighted by Crippen LogP contribution is -2.27. The second kappa shape index (κ2) is 8.60. The molecule has 0 fully saturated rings. The smallest absolute Gasteiger partial charge is 0.176 e. The van der Waals surface area contributed by atoms with Crippen molar-refractivity contribution >= 4 is 26.9 Å². The number of Topliss-reactive ketones (excluding diaryl/α,β-unsaturated/α-hetero) is 2. The highest BCUT2D eigenvalue weighted by molar-refractivity contribution is 8.16. The number of ether oxygens (including phenoxy) is 1. The van der Waals surface area contributed by atoms with Gasteiger partial charge in [-0.25, -0.2) is 0 Å². The van der Waals surface area contributed by atoms with Crippen LogP contribution in [0.5, 0.6) is 5.75 Å². The van der Waals surface area contributed by atoms with Crippen LogP contribution in [-0.2, 0) is 22.4 Å². The number of carbonyl (C=O) groups is 2. The standard InChI is InChI=1S/C20H22O3S/c1-23-17-11-9-16(10-12-17)14-19(22)20(24(2)3)18(21)13-15-7-5-4-6-8-15/h4-12H,13-14H2,1-3H3. The summed E-state index contributed by atoms with van der Waals surface area (Å²) in [5, 5.41) is 0. The lowest BCUT2D eigenvalue weighted by molar-refractivity contribution is -0.115. The first-order chi connectivity index (χ1) is 11.5. The molecule has 0 amide bonds. The topological polar surface area (TPSA) is 43.4 Å². The molecule has 0 radical (unpaired) electrons. The molecule has 0 unspecified atom stereocenters. The Balaban J connectivity index is 2.13. The molecule has 0 heterocycles. The lowest BCUT2D eigenvalue weighted by Gasteiger charge is -2.10. The van der Waals surface area contributed by atoms with Gasteiger partial charge in [0, 0.05) is 12.8 Å². The predicted molar refractivity (Wildman–Crippen MR) is 101 cm³/mol. The lowest BCUT2D eigenvalue weighted by atomic mass is 10.0. The predicted octanol–water partition coefficient (Wildman–Crippen LogP) is 3.32. The molecule has 0 aliphatic carbocycles. The molecule has 126 valence electrons. The first kappa shape index (κ1) is 18.1. The van der Waals surface area contributed by atoms with Crippen LogP contribution in [0.3, 0.4) is 0 Å². The quantitative estimate of drug-likeness (QED) is 0.573. The SMILES string of the molecule is COc1ccc(CC(=O)C(C(=O)Cc2ccccc2)=S(C)C)cc1. The van der Waals surface area contributed by atoms with Crippen LogP contribution in [0.25, 0.3) is 0 Å². The van der Waals surface area contributed by atoms with Crippen LogP contribution in [0.1, 0.15) is 11.1 Å². The van der Waals surface area contributed by atoms with E-state index in [1.807, 2.05) is 67.1 Å². The van der Waals surface area contributed by atoms with Gasteiger partial charge in [0.25, 0.3) is 0 Å². The van der Waals surface area contributed by atoms with Crippen LogP contribution in [-0.4, -0.2) is 36.1 Å². The molecule has 0 aromatic heterocycles. The Morgan fingerprint density at radius 2 is 1.33 bits per heavy atom. The average molecular weight is 342 g/mol. The van der Waals surface area contributed by atoms with Gasteiger partial charge < -0.3 is 4.74 Å². The Bertz CT molecular complexity index is 742. The highest BCUT2D eigenvalue weighted by Gasteiger charge is 2.20. The Kier molecular flexibility index (Phi) is 6.50. The van der Waals surface area contributed by atoms with Gasteiger partial charge in [-0.3, -0.25) is 9.59 Å². The van der Waals surface area contributed by atoms with Gasteiger partial charge in [0.15, 0.2) is 11.6 Å². The van der Waals surface area contributed by atoms with Crippen LogP contribution >= 0.6 is 10.5 Å². The summed E-state index contributed by atoms with van der Waals surface area (Å²) in [6.07, 6.45) is 4.36. The van der Waals surface area contributed by atoms with Crippen molar-refractivity contribution in [2.45, 2.75) is 12.8 Å². The van der Waals surface area contributed by atoms with Crippen molar-refractivity contribution in [2.24, 2.45) is 0 Å². The van der Waals surface area contributed by atoms with Crippen molar-refractivity contribution < 1.29 is 14.3 Å². The van der Waals surface area contributed by atoms with Crippen molar-refractivity contribution in [1.82, 2.24) is 0 Å². The molecule has 0 bridgehead atoms. The largest absolute Gasteiger partial charge is 0.497 e. The fraction of sp³-hybridized carbons (Fsp3) is 0.250. The Labute approximate surface area is 145 Å². The number of carbonyl (C=O) groups excluding carboxylic acids is 2. The number of hydrogen-bond acceptors (Lipinski definition) is 3. The summed E-state index contributed by atoms with van der Waals surface area (Å²) in [5.74, 6) is 0.587. The third kappa shape index (κ3) is 4.90. The van der Waals surface area contributed by atoms with Gasteiger partial charge in [-0.1, -0.05) is 42.5 Å². The van der Waals surface area contributed by atoms with Crippen molar-refractivity contribution in [3.63, 3.8) is 0 Å². The second-order valence-electron chi connectivity index (χ2n) is 5.68. The number of rotatable bonds is 7. The second-order valence-corrected chi connectivity index (χ2v) is 7.72. The van der Waals surface area contributed by atoms with E-state index >= 15 is 0 Å². The summed E-state index contributed by atoms with van der Waals surface area (Å²) < 4.78 is 5.12. The van der Waals surface area contributed by atoms with Crippen molar-refractivity contribution in [3.05, 3.63) is 65.7 Å². The van der Waals surface area contributed by atoms with Crippen molar-refractivity contribution in [1.29, 1.82) is 0 Å². The summed E-state index contributed by atoms with van der Waals surface area (Å²) in [6, 6.07) is 16.9. The van der Waals surface area contributed by atoms with Crippen LogP contribution in [0.15, 0.2) is 54.6 Å². The Hall–Kier alpha value is -2.20. The summed E-state index contributed by atoms with van der Waals surface area (Å²) in [6.45, 7) is 0. The molecule has 3 nitrogen and oxygen atoms in total. The molecule has 0 atom stereocenters. The minimum atomic E-state index is -0.374. The van der Waals surface area contributed by atoms with Gasteiger partial charge in [-0.15, -0.1) is 0 Å². The van der Waals surface area contributed by atoms with E-state index in [0.29, 0.717) is 4.86 Å². The maximum atomic E-state index is 12.7. The van der Waals surface area contributed by atoms with E-state index in [0.717, 1.165) is 16.9 Å². The van der Waals surface area contributed by atoms with Crippen LogP contribution in [0, 0.1) is 0 Å². The van der Waals surface area contributed by atoms with Gasteiger partial charge in [-0.05, 0) is 35.8 Å². The third-order valence-electron chi connectivity index (χ3n) is 3.65. The highest BCUT2D eigenvalue weighted by Crippen LogP contribution is 2.15. The molecule has 0 saturated heterocycles. The van der Waals surface area contributed by atoms with Gasteiger partial charge in [0.1, 0.15) is 5.75 Å². The normalized spacial score (nSPS) is 10.5. The van der Waals surface area contributed by atoms with Gasteiger partial charge >= 0.3 is 0 Å². The first-order valence-corrected chi connectivity index (χ1v) is 9.73. The van der Waals surface area contributed by atoms with Crippen molar-refractivity contribution in [2.75, 3.05) is 19.6 Å². The van der Waals surface area contributed by atoms with E-state index < -0.39 is 0 Å². The van der Waals surface area contributed by atoms with E-state index in [9.17, 15) is 9.59 Å². The number of ketones is 2. The molecule has 0 spiro atoms. The number of methoxy groups -OCH3 is 1. The molecular weight excluding hydrogens is 320 g/mol. The van der Waals surface area contributed by atoms with Crippen molar-refractivity contribution in [3.8, 4) is 5.75 Å². The molecule has 0 N–H and O–H groups in total. The summed E-state index contributed by atoms with van der Waals surface area (Å²) >= 11 is 0. The van der Waals surface area contributed by atoms with Crippen LogP contribution < -0.4 is 4.74 Å². The molecule has 24 heavy (non-hydrogen) atoms. The molecule has 4 heteroatoms. The molecule has 2 aromatic carbocycles. The molecule has 2 rings (SSSR count). The summed E-state index contributed by atoms with van der Waals surface area (Å²) in [4.78, 5) is 25.7. The van der Waals surface area contributed by atoms with E-state index in [1.54, 1.807) is 7.11 Å². The highest BCUT2D eigenvalue weighted by atomic mass is 32.2. The Morgan fingerprint density at radius 1 is 0.833 bits per heavy atom. The summed E-state index contributed by atoms with van der Waals surface area (Å²) in [7, 11) is 1.23. The molecular formula is C20H22O3S. The maximum absolute atomic E-state index is 12.7. The van der Waals surface area contributed by atoms with Crippen LogP contribution in [0.4, 0.5) is 0 Å². The van der Waals surface area contributed by atoms with E-state index in [-0.39, 0.29) is 34.9 Å². The molecule has 2 aromatic rings. The minimum absolute atomic E-state index is 0.0759.